The molecule has 2 rings (SSSR count). The molecule has 0 unspecified atom stereocenters. The van der Waals surface area contributed by atoms with E-state index < -0.39 is 17.9 Å². The molecule has 0 heterocycles. The molecular weight excluding hydrogens is 448 g/mol. The van der Waals surface area contributed by atoms with Crippen LogP contribution in [0.5, 0.6) is 17.2 Å². The van der Waals surface area contributed by atoms with Gasteiger partial charge < -0.3 is 14.2 Å². The maximum Gasteiger partial charge on any atom is 0.338 e. The van der Waals surface area contributed by atoms with E-state index in [1.165, 1.54) is 44.2 Å². The van der Waals surface area contributed by atoms with Gasteiger partial charge in [0.05, 0.1) is 0 Å². The van der Waals surface area contributed by atoms with Crippen molar-refractivity contribution in [2.24, 2.45) is 0 Å². The molecule has 7 nitrogen and oxygen atoms in total. The molecule has 0 aliphatic carbocycles. The molecule has 2 aromatic rings. The number of carbonyl (C=O) groups is 4. The van der Waals surface area contributed by atoms with Crippen molar-refractivity contribution in [3.8, 4) is 17.2 Å². The second-order valence-electron chi connectivity index (χ2n) is 7.89. The van der Waals surface area contributed by atoms with Crippen LogP contribution in [0.3, 0.4) is 0 Å². The Kier molecular flexibility index (Phi) is 8.83. The van der Waals surface area contributed by atoms with Gasteiger partial charge in [0.15, 0.2) is 17.3 Å². The van der Waals surface area contributed by atoms with Crippen molar-refractivity contribution in [3.63, 3.8) is 0 Å². The van der Waals surface area contributed by atoms with Crippen molar-refractivity contribution in [1.29, 1.82) is 0 Å². The van der Waals surface area contributed by atoms with Gasteiger partial charge in [-0.05, 0) is 75.2 Å². The number of carbonyl (C=O) groups excluding carboxylic acids is 4. The molecule has 0 saturated carbocycles. The third-order valence-corrected chi connectivity index (χ3v) is 4.52. The van der Waals surface area contributed by atoms with Crippen molar-refractivity contribution in [3.05, 3.63) is 95.6 Å². The summed E-state index contributed by atoms with van der Waals surface area (Å²) in [5.41, 5.74) is 2.14. The van der Waals surface area contributed by atoms with Gasteiger partial charge in [-0.25, -0.2) is 14.4 Å². The topological polar surface area (TPSA) is 96.0 Å². The Morgan fingerprint density at radius 2 is 1.26 bits per heavy atom. The van der Waals surface area contributed by atoms with E-state index in [9.17, 15) is 19.2 Å². The number of esters is 3. The Balaban J connectivity index is 2.28. The van der Waals surface area contributed by atoms with Gasteiger partial charge in [-0.1, -0.05) is 31.9 Å². The smallest absolute Gasteiger partial charge is 0.338 e. The molecule has 0 bridgehead atoms. The first-order valence-corrected chi connectivity index (χ1v) is 10.5. The Labute approximate surface area is 204 Å². The lowest BCUT2D eigenvalue weighted by Gasteiger charge is -2.11. The number of ether oxygens (including phenoxy) is 3. The Morgan fingerprint density at radius 1 is 0.714 bits per heavy atom. The van der Waals surface area contributed by atoms with Gasteiger partial charge in [-0.15, -0.1) is 0 Å². The maximum atomic E-state index is 12.7. The molecule has 180 valence electrons. The standard InChI is InChI=1S/C28H26O7/c1-16(2)26(30)33-21-10-11-22(19(7)14-21)23(29)12-8-20-9-13-24(34-27(31)17(3)4)25(15-20)35-28(32)18(5)6/h8-15H,1,3,5H2,2,4,6-7H3/b12-8+. The number of aryl methyl sites for hydroxylation is 1. The summed E-state index contributed by atoms with van der Waals surface area (Å²) in [6, 6.07) is 9.16. The SMILES string of the molecule is C=C(C)C(=O)Oc1ccc(C(=O)/C=C/c2ccc(OC(=O)C(=C)C)c(OC(=O)C(=C)C)c2)c(C)c1. The number of rotatable bonds is 9. The lowest BCUT2D eigenvalue weighted by atomic mass is 10.0. The van der Waals surface area contributed by atoms with Crippen LogP contribution in [0.2, 0.25) is 0 Å². The summed E-state index contributed by atoms with van der Waals surface area (Å²) in [6.07, 6.45) is 2.88. The fourth-order valence-electron chi connectivity index (χ4n) is 2.60. The van der Waals surface area contributed by atoms with Crippen molar-refractivity contribution in [2.75, 3.05) is 0 Å². The van der Waals surface area contributed by atoms with Crippen molar-refractivity contribution < 1.29 is 33.4 Å². The third kappa shape index (κ3) is 7.50. The van der Waals surface area contributed by atoms with E-state index in [1.807, 2.05) is 0 Å². The number of benzene rings is 2. The lowest BCUT2D eigenvalue weighted by molar-refractivity contribution is -0.132. The second kappa shape index (κ2) is 11.6. The van der Waals surface area contributed by atoms with Gasteiger partial charge in [0, 0.05) is 22.3 Å². The van der Waals surface area contributed by atoms with Crippen molar-refractivity contribution in [2.45, 2.75) is 27.7 Å². The minimum atomic E-state index is -0.696. The van der Waals surface area contributed by atoms with E-state index in [0.717, 1.165) is 0 Å². The van der Waals surface area contributed by atoms with Gasteiger partial charge >= 0.3 is 17.9 Å². The zero-order chi connectivity index (χ0) is 26.3. The maximum absolute atomic E-state index is 12.7. The van der Waals surface area contributed by atoms with Gasteiger partial charge in [0.1, 0.15) is 5.75 Å². The van der Waals surface area contributed by atoms with E-state index in [1.54, 1.807) is 32.0 Å². The Bertz CT molecular complexity index is 1280. The zero-order valence-corrected chi connectivity index (χ0v) is 20.1. The Hall–Kier alpha value is -4.52. The summed E-state index contributed by atoms with van der Waals surface area (Å²) in [6.45, 7) is 16.8. The Morgan fingerprint density at radius 3 is 1.80 bits per heavy atom. The van der Waals surface area contributed by atoms with Crippen LogP contribution >= 0.6 is 0 Å². The molecule has 0 fully saturated rings. The van der Waals surface area contributed by atoms with Crippen LogP contribution in [-0.4, -0.2) is 23.7 Å². The second-order valence-corrected chi connectivity index (χ2v) is 7.89. The molecule has 0 aliphatic heterocycles. The van der Waals surface area contributed by atoms with Gasteiger partial charge in [-0.3, -0.25) is 4.79 Å². The minimum Gasteiger partial charge on any atom is -0.423 e. The average molecular weight is 475 g/mol. The van der Waals surface area contributed by atoms with Crippen LogP contribution in [0.15, 0.2) is 78.9 Å². The van der Waals surface area contributed by atoms with Crippen LogP contribution < -0.4 is 14.2 Å². The summed E-state index contributed by atoms with van der Waals surface area (Å²) in [7, 11) is 0. The van der Waals surface area contributed by atoms with E-state index >= 15 is 0 Å². The predicted octanol–water partition coefficient (Wildman–Crippen LogP) is 5.34. The molecule has 0 radical (unpaired) electrons. The molecular formula is C28H26O7. The normalized spacial score (nSPS) is 10.4. The van der Waals surface area contributed by atoms with Crippen LogP contribution in [-0.2, 0) is 14.4 Å². The fourth-order valence-corrected chi connectivity index (χ4v) is 2.60. The molecule has 35 heavy (non-hydrogen) atoms. The molecule has 0 atom stereocenters. The van der Waals surface area contributed by atoms with Gasteiger partial charge in [0.25, 0.3) is 0 Å². The molecule has 0 spiro atoms. The van der Waals surface area contributed by atoms with E-state index in [4.69, 9.17) is 14.2 Å². The summed E-state index contributed by atoms with van der Waals surface area (Å²) < 4.78 is 15.7. The highest BCUT2D eigenvalue weighted by atomic mass is 16.6. The van der Waals surface area contributed by atoms with E-state index in [-0.39, 0.29) is 34.0 Å². The number of hydrogen-bond acceptors (Lipinski definition) is 7. The van der Waals surface area contributed by atoms with Gasteiger partial charge in [-0.2, -0.15) is 0 Å². The molecule has 0 aromatic heterocycles. The summed E-state index contributed by atoms with van der Waals surface area (Å²) >= 11 is 0. The largest absolute Gasteiger partial charge is 0.423 e. The van der Waals surface area contributed by atoms with Crippen molar-refractivity contribution >= 4 is 29.8 Å². The molecule has 7 heteroatoms. The summed E-state index contributed by atoms with van der Waals surface area (Å²) in [5.74, 6) is -1.90. The highest BCUT2D eigenvalue weighted by Crippen LogP contribution is 2.30. The molecule has 0 amide bonds. The van der Waals surface area contributed by atoms with Crippen LogP contribution in [0.4, 0.5) is 0 Å². The highest BCUT2D eigenvalue weighted by molar-refractivity contribution is 6.08. The molecule has 0 N–H and O–H groups in total. The highest BCUT2D eigenvalue weighted by Gasteiger charge is 2.16. The van der Waals surface area contributed by atoms with Gasteiger partial charge in [0.2, 0.25) is 0 Å². The molecule has 0 aliphatic rings. The fraction of sp³-hybridized carbons (Fsp3) is 0.143. The number of hydrogen-bond donors (Lipinski definition) is 0. The quantitative estimate of drug-likeness (QED) is 0.210. The average Bonchev–Trinajstić information content (AvgIpc) is 2.78. The first-order chi connectivity index (χ1) is 16.4. The van der Waals surface area contributed by atoms with E-state index in [2.05, 4.69) is 19.7 Å². The van der Waals surface area contributed by atoms with Crippen LogP contribution in [0.1, 0.15) is 42.3 Å². The third-order valence-electron chi connectivity index (χ3n) is 4.52. The first kappa shape index (κ1) is 26.7. The summed E-state index contributed by atoms with van der Waals surface area (Å²) in [5, 5.41) is 0. The van der Waals surface area contributed by atoms with E-state index in [0.29, 0.717) is 22.4 Å². The lowest BCUT2D eigenvalue weighted by Crippen LogP contribution is -2.12. The number of allylic oxidation sites excluding steroid dienone is 1. The molecule has 2 aromatic carbocycles. The zero-order valence-electron chi connectivity index (χ0n) is 20.1. The molecule has 0 saturated heterocycles. The summed E-state index contributed by atoms with van der Waals surface area (Å²) in [4.78, 5) is 48.4. The number of ketones is 1. The first-order valence-electron chi connectivity index (χ1n) is 10.5. The van der Waals surface area contributed by atoms with Crippen LogP contribution in [0.25, 0.3) is 6.08 Å². The minimum absolute atomic E-state index is 0.0120. The van der Waals surface area contributed by atoms with Crippen LogP contribution in [0, 0.1) is 6.92 Å². The van der Waals surface area contributed by atoms with Crippen molar-refractivity contribution in [1.82, 2.24) is 0 Å². The monoisotopic (exact) mass is 474 g/mol. The predicted molar refractivity (Wildman–Crippen MR) is 132 cm³/mol.